The molecule has 3 aromatic carbocycles. The molecule has 0 bridgehead atoms. The molecule has 5 amide bonds. The number of nitrogens with one attached hydrogen (secondary N) is 3. The SMILES string of the molecule is CC(C)(c1ccc(OCc2ccnc(NS(C)(=O)=O)n2)cc1)c1cc(Cl)c(OCC(F)(F)CCC(=O)Nc2ccc3c(c2)C(=O)N(C2CCC(=O)NC2=O)C3=O)c(C#N)c1. The van der Waals surface area contributed by atoms with E-state index in [1.165, 1.54) is 36.5 Å². The minimum absolute atomic E-state index is 0.0148. The maximum Gasteiger partial charge on any atom is 0.281 e. The van der Waals surface area contributed by atoms with Crippen molar-refractivity contribution >= 4 is 62.8 Å². The summed E-state index contributed by atoms with van der Waals surface area (Å²) in [6.07, 6.45) is 0.678. The lowest BCUT2D eigenvalue weighted by atomic mass is 9.77. The fourth-order valence-corrected chi connectivity index (χ4v) is 7.19. The van der Waals surface area contributed by atoms with E-state index in [2.05, 4.69) is 25.3 Å². The van der Waals surface area contributed by atoms with Gasteiger partial charge in [0.1, 0.15) is 24.5 Å². The van der Waals surface area contributed by atoms with Crippen LogP contribution in [0.5, 0.6) is 11.5 Å². The Balaban J connectivity index is 1.03. The Morgan fingerprint density at radius 2 is 1.73 bits per heavy atom. The summed E-state index contributed by atoms with van der Waals surface area (Å²) in [7, 11) is -3.56. The Kier molecular flexibility index (Phi) is 12.2. The second kappa shape index (κ2) is 17.0. The first-order chi connectivity index (χ1) is 28.2. The highest BCUT2D eigenvalue weighted by molar-refractivity contribution is 7.92. The molecule has 1 saturated heterocycles. The zero-order chi connectivity index (χ0) is 43.6. The second-order valence-electron chi connectivity index (χ2n) is 14.5. The average molecular weight is 864 g/mol. The maximum absolute atomic E-state index is 15.1. The van der Waals surface area contributed by atoms with Crippen LogP contribution >= 0.6 is 11.6 Å². The molecule has 0 saturated carbocycles. The van der Waals surface area contributed by atoms with Crippen molar-refractivity contribution in [2.75, 3.05) is 22.9 Å². The third-order valence-electron chi connectivity index (χ3n) is 9.71. The third kappa shape index (κ3) is 9.84. The largest absolute Gasteiger partial charge is 0.487 e. The monoisotopic (exact) mass is 863 g/mol. The number of nitrogens with zero attached hydrogens (tertiary/aromatic N) is 4. The molecule has 0 radical (unpaired) electrons. The smallest absolute Gasteiger partial charge is 0.281 e. The van der Waals surface area contributed by atoms with Crippen LogP contribution in [0, 0.1) is 11.3 Å². The van der Waals surface area contributed by atoms with Crippen LogP contribution in [0.1, 0.15) is 82.6 Å². The van der Waals surface area contributed by atoms with Gasteiger partial charge in [0.05, 0.1) is 33.7 Å². The molecule has 1 unspecified atom stereocenters. The van der Waals surface area contributed by atoms with Gasteiger partial charge < -0.3 is 14.8 Å². The summed E-state index contributed by atoms with van der Waals surface area (Å²) in [4.78, 5) is 71.3. The molecule has 3 heterocycles. The van der Waals surface area contributed by atoms with Crippen molar-refractivity contribution in [1.29, 1.82) is 5.26 Å². The van der Waals surface area contributed by atoms with Crippen LogP contribution in [0.15, 0.2) is 66.9 Å². The fraction of sp³-hybridized carbons (Fsp3) is 0.300. The number of amides is 5. The molecule has 1 aromatic heterocycles. The second-order valence-corrected chi connectivity index (χ2v) is 16.7. The number of anilines is 2. The first-order valence-corrected chi connectivity index (χ1v) is 20.4. The number of carbonyl (C=O) groups excluding carboxylic acids is 5. The lowest BCUT2D eigenvalue weighted by Crippen LogP contribution is -2.54. The molecule has 0 aliphatic carbocycles. The Labute approximate surface area is 347 Å². The molecule has 60 heavy (non-hydrogen) atoms. The zero-order valence-electron chi connectivity index (χ0n) is 32.2. The summed E-state index contributed by atoms with van der Waals surface area (Å²) in [6, 6.07) is 16.2. The van der Waals surface area contributed by atoms with Crippen LogP contribution in [-0.2, 0) is 36.4 Å². The minimum atomic E-state index is -3.56. The van der Waals surface area contributed by atoms with Crippen LogP contribution in [-0.4, -0.2) is 77.6 Å². The first kappa shape index (κ1) is 43.1. The maximum atomic E-state index is 15.1. The van der Waals surface area contributed by atoms with E-state index in [9.17, 15) is 37.7 Å². The lowest BCUT2D eigenvalue weighted by molar-refractivity contribution is -0.136. The number of benzene rings is 3. The fourth-order valence-electron chi connectivity index (χ4n) is 6.49. The van der Waals surface area contributed by atoms with Gasteiger partial charge in [0.15, 0.2) is 12.4 Å². The summed E-state index contributed by atoms with van der Waals surface area (Å²) < 4.78 is 66.5. The Morgan fingerprint density at radius 1 is 1.02 bits per heavy atom. The van der Waals surface area contributed by atoms with Gasteiger partial charge in [-0.3, -0.25) is 38.9 Å². The van der Waals surface area contributed by atoms with Crippen molar-refractivity contribution < 1.29 is 50.6 Å². The Morgan fingerprint density at radius 3 is 2.42 bits per heavy atom. The van der Waals surface area contributed by atoms with Crippen molar-refractivity contribution in [2.45, 2.75) is 63.5 Å². The van der Waals surface area contributed by atoms with E-state index in [4.69, 9.17) is 21.1 Å². The summed E-state index contributed by atoms with van der Waals surface area (Å²) in [5, 5.41) is 14.4. The summed E-state index contributed by atoms with van der Waals surface area (Å²) in [6.45, 7) is 2.58. The van der Waals surface area contributed by atoms with E-state index in [1.54, 1.807) is 30.3 Å². The number of ether oxygens (including phenoxy) is 2. The van der Waals surface area contributed by atoms with Crippen molar-refractivity contribution in [2.24, 2.45) is 0 Å². The predicted octanol–water partition coefficient (Wildman–Crippen LogP) is 5.11. The predicted molar refractivity (Wildman–Crippen MR) is 211 cm³/mol. The molecular weight excluding hydrogens is 828 g/mol. The van der Waals surface area contributed by atoms with Gasteiger partial charge in [-0.2, -0.15) is 5.26 Å². The lowest BCUT2D eigenvalue weighted by Gasteiger charge is -2.27. The number of imide groups is 2. The highest BCUT2D eigenvalue weighted by Gasteiger charge is 2.44. The molecule has 20 heteroatoms. The minimum Gasteiger partial charge on any atom is -0.487 e. The van der Waals surface area contributed by atoms with Crippen LogP contribution in [0.3, 0.4) is 0 Å². The van der Waals surface area contributed by atoms with Crippen LogP contribution < -0.4 is 24.8 Å². The summed E-state index contributed by atoms with van der Waals surface area (Å²) in [5.74, 6) is -7.04. The van der Waals surface area contributed by atoms with Crippen molar-refractivity contribution in [1.82, 2.24) is 20.2 Å². The molecule has 312 valence electrons. The standard InChI is InChI=1S/C40H36ClF2N7O9S/c1-39(2,23-4-7-27(8-5-23)58-20-26-13-15-45-38(47-26)49-60(3,56)57)24-16-22(19-44)34(30(41)17-24)59-21-40(42,43)14-12-33(52)46-25-6-9-28-29(18-25)37(55)50(36(28)54)31-10-11-32(51)48-35(31)53/h4-9,13,15-18,31H,10-12,14,20-21H2,1-3H3,(H,46,52)(H,45,47,49)(H,48,51,53). The Bertz CT molecular complexity index is 2570. The number of fused-ring (bicyclic) bond motifs is 1. The topological polar surface area (TPSA) is 227 Å². The molecule has 3 N–H and O–H groups in total. The number of nitriles is 1. The normalized spacial score (nSPS) is 15.6. The van der Waals surface area contributed by atoms with E-state index in [0.717, 1.165) is 16.7 Å². The molecule has 6 rings (SSSR count). The highest BCUT2D eigenvalue weighted by Crippen LogP contribution is 2.39. The van der Waals surface area contributed by atoms with E-state index in [0.29, 0.717) is 17.0 Å². The molecular formula is C40H36ClF2N7O9S. The number of rotatable bonds is 15. The number of halogens is 3. The van der Waals surface area contributed by atoms with E-state index < -0.39 is 76.4 Å². The highest BCUT2D eigenvalue weighted by atomic mass is 35.5. The number of alkyl halides is 2. The molecule has 2 aliphatic heterocycles. The van der Waals surface area contributed by atoms with Gasteiger partial charge in [0.2, 0.25) is 33.7 Å². The third-order valence-corrected chi connectivity index (χ3v) is 10.5. The number of aromatic nitrogens is 2. The molecule has 1 fully saturated rings. The van der Waals surface area contributed by atoms with Crippen LogP contribution in [0.25, 0.3) is 0 Å². The number of piperidine rings is 1. The summed E-state index contributed by atoms with van der Waals surface area (Å²) in [5.41, 5.74) is 0.932. The van der Waals surface area contributed by atoms with Gasteiger partial charge >= 0.3 is 0 Å². The number of carbonyl (C=O) groups is 5. The van der Waals surface area contributed by atoms with Gasteiger partial charge in [-0.25, -0.2) is 27.2 Å². The van der Waals surface area contributed by atoms with Gasteiger partial charge in [0, 0.05) is 36.6 Å². The van der Waals surface area contributed by atoms with E-state index in [-0.39, 0.29) is 58.5 Å². The van der Waals surface area contributed by atoms with Gasteiger partial charge in [0.25, 0.3) is 17.7 Å². The van der Waals surface area contributed by atoms with Crippen molar-refractivity contribution in [3.63, 3.8) is 0 Å². The molecule has 0 spiro atoms. The molecule has 4 aromatic rings. The van der Waals surface area contributed by atoms with Crippen LogP contribution in [0.4, 0.5) is 20.4 Å². The van der Waals surface area contributed by atoms with E-state index >= 15 is 8.78 Å². The number of hydrogen-bond acceptors (Lipinski definition) is 12. The molecule has 16 nitrogen and oxygen atoms in total. The van der Waals surface area contributed by atoms with E-state index in [1.807, 2.05) is 19.9 Å². The van der Waals surface area contributed by atoms with Crippen molar-refractivity contribution in [3.05, 3.63) is 105 Å². The summed E-state index contributed by atoms with van der Waals surface area (Å²) >= 11 is 6.52. The number of hydrogen-bond donors (Lipinski definition) is 3. The van der Waals surface area contributed by atoms with Gasteiger partial charge in [-0.05, 0) is 66.1 Å². The van der Waals surface area contributed by atoms with Gasteiger partial charge in [-0.1, -0.05) is 37.6 Å². The Hall–Kier alpha value is -6.52. The number of sulfonamides is 1. The average Bonchev–Trinajstić information content (AvgIpc) is 3.43. The zero-order valence-corrected chi connectivity index (χ0v) is 33.7. The van der Waals surface area contributed by atoms with Crippen LogP contribution in [0.2, 0.25) is 5.02 Å². The quantitative estimate of drug-likeness (QED) is 0.133. The van der Waals surface area contributed by atoms with Gasteiger partial charge in [-0.15, -0.1) is 0 Å². The van der Waals surface area contributed by atoms with Crippen molar-refractivity contribution in [3.8, 4) is 17.6 Å². The molecule has 2 aliphatic rings. The molecule has 1 atom stereocenters. The first-order valence-electron chi connectivity index (χ1n) is 18.2.